The molecule has 0 saturated carbocycles. The number of hydrogen-bond donors (Lipinski definition) is 1. The molecule has 0 bridgehead atoms. The highest BCUT2D eigenvalue weighted by molar-refractivity contribution is 5.91. The first kappa shape index (κ1) is 23.9. The van der Waals surface area contributed by atoms with Gasteiger partial charge in [0.2, 0.25) is 5.91 Å². The van der Waals surface area contributed by atoms with E-state index in [9.17, 15) is 25.0 Å². The van der Waals surface area contributed by atoms with E-state index in [1.807, 2.05) is 18.2 Å². The Kier molecular flexibility index (Phi) is 6.76. The van der Waals surface area contributed by atoms with E-state index >= 15 is 0 Å². The molecule has 0 saturated heterocycles. The lowest BCUT2D eigenvalue weighted by atomic mass is 10.1. The second-order valence-electron chi connectivity index (χ2n) is 8.51. The van der Waals surface area contributed by atoms with Crippen molar-refractivity contribution in [1.29, 1.82) is 0 Å². The molecule has 1 heterocycles. The Labute approximate surface area is 201 Å². The first-order valence-electron chi connectivity index (χ1n) is 11.3. The number of benzene rings is 2. The van der Waals surface area contributed by atoms with Crippen molar-refractivity contribution in [2.45, 2.75) is 52.5 Å². The summed E-state index contributed by atoms with van der Waals surface area (Å²) >= 11 is 0. The number of nitrogens with one attached hydrogen (secondary N) is 1. The summed E-state index contributed by atoms with van der Waals surface area (Å²) in [5.41, 5.74) is 3.29. The fourth-order valence-electron chi connectivity index (χ4n) is 4.35. The molecule has 1 amide bonds. The molecule has 0 aliphatic heterocycles. The third-order valence-electron chi connectivity index (χ3n) is 5.99. The minimum Gasteiger partial charge on any atom is -0.457 e. The number of aryl methyl sites for hydroxylation is 4. The number of rotatable bonds is 9. The zero-order valence-electron chi connectivity index (χ0n) is 19.4. The van der Waals surface area contributed by atoms with Crippen molar-refractivity contribution in [2.75, 3.05) is 5.32 Å². The minimum atomic E-state index is -0.541. The fraction of sp³-hybridized carbons (Fsp3) is 0.333. The number of nitrogens with zero attached hydrogens (tertiary/aromatic N) is 4. The van der Waals surface area contributed by atoms with E-state index in [0.29, 0.717) is 30.1 Å². The molecule has 1 aliphatic carbocycles. The van der Waals surface area contributed by atoms with Crippen molar-refractivity contribution in [3.63, 3.8) is 0 Å². The second kappa shape index (κ2) is 9.92. The largest absolute Gasteiger partial charge is 0.457 e. The van der Waals surface area contributed by atoms with Gasteiger partial charge in [-0.1, -0.05) is 6.07 Å². The number of anilines is 1. The molecule has 0 unspecified atom stereocenters. The van der Waals surface area contributed by atoms with Gasteiger partial charge in [-0.2, -0.15) is 5.10 Å². The molecule has 1 aliphatic rings. The highest BCUT2D eigenvalue weighted by Crippen LogP contribution is 2.32. The van der Waals surface area contributed by atoms with Crippen LogP contribution in [0.1, 0.15) is 41.8 Å². The van der Waals surface area contributed by atoms with Gasteiger partial charge in [0.25, 0.3) is 5.69 Å². The smallest absolute Gasteiger partial charge is 0.312 e. The molecule has 1 aromatic heterocycles. The topological polar surface area (TPSA) is 142 Å². The maximum Gasteiger partial charge on any atom is 0.312 e. The molecule has 4 rings (SSSR count). The van der Waals surface area contributed by atoms with Crippen LogP contribution in [0.3, 0.4) is 0 Å². The monoisotopic (exact) mass is 479 g/mol. The summed E-state index contributed by atoms with van der Waals surface area (Å²) in [6.45, 7) is 3.51. The van der Waals surface area contributed by atoms with E-state index in [-0.39, 0.29) is 35.1 Å². The van der Waals surface area contributed by atoms with Gasteiger partial charge in [0.15, 0.2) is 0 Å². The molecule has 0 radical (unpaired) electrons. The van der Waals surface area contributed by atoms with Gasteiger partial charge < -0.3 is 10.1 Å². The Morgan fingerprint density at radius 3 is 2.54 bits per heavy atom. The highest BCUT2D eigenvalue weighted by atomic mass is 16.6. The number of carbonyl (C=O) groups excluding carboxylic acids is 1. The quantitative estimate of drug-likeness (QED) is 0.335. The van der Waals surface area contributed by atoms with Crippen LogP contribution in [-0.2, 0) is 24.2 Å². The second-order valence-corrected chi connectivity index (χ2v) is 8.51. The number of hydrogen-bond acceptors (Lipinski definition) is 7. The van der Waals surface area contributed by atoms with Gasteiger partial charge in [0.1, 0.15) is 22.9 Å². The number of non-ortho nitro benzene ring substituents is 1. The van der Waals surface area contributed by atoms with Crippen LogP contribution in [0.25, 0.3) is 0 Å². The fourth-order valence-corrected chi connectivity index (χ4v) is 4.35. The molecule has 1 N–H and O–H groups in total. The van der Waals surface area contributed by atoms with E-state index in [4.69, 9.17) is 4.74 Å². The van der Waals surface area contributed by atoms with Gasteiger partial charge in [0, 0.05) is 25.1 Å². The maximum atomic E-state index is 12.5. The number of nitro benzene ring substituents is 1. The summed E-state index contributed by atoms with van der Waals surface area (Å²) in [7, 11) is 0. The predicted molar refractivity (Wildman–Crippen MR) is 128 cm³/mol. The van der Waals surface area contributed by atoms with E-state index < -0.39 is 9.85 Å². The van der Waals surface area contributed by atoms with Crippen molar-refractivity contribution in [2.24, 2.45) is 0 Å². The lowest BCUT2D eigenvalue weighted by Crippen LogP contribution is -2.13. The van der Waals surface area contributed by atoms with Crippen LogP contribution in [0, 0.1) is 34.1 Å². The molecule has 2 aromatic carbocycles. The number of ether oxygens (including phenoxy) is 1. The average molecular weight is 479 g/mol. The molecule has 0 atom stereocenters. The Morgan fingerprint density at radius 2 is 1.83 bits per heavy atom. The number of aromatic nitrogens is 2. The molecule has 0 fully saturated rings. The van der Waals surface area contributed by atoms with Crippen LogP contribution < -0.4 is 10.1 Å². The van der Waals surface area contributed by atoms with Gasteiger partial charge in [-0.05, 0) is 62.8 Å². The summed E-state index contributed by atoms with van der Waals surface area (Å²) in [5.74, 6) is 0.495. The SMILES string of the molecule is Cc1nn(CCCC(=O)Nc2cc(Oc3ccc4c(c3)CCC4)cc([N+](=O)[O-])c2)c(C)c1[N+](=O)[O-]. The van der Waals surface area contributed by atoms with Crippen LogP contribution in [0.15, 0.2) is 36.4 Å². The summed E-state index contributed by atoms with van der Waals surface area (Å²) in [4.78, 5) is 34.0. The van der Waals surface area contributed by atoms with Gasteiger partial charge in [-0.15, -0.1) is 0 Å². The summed E-state index contributed by atoms with van der Waals surface area (Å²) in [5, 5.41) is 29.4. The lowest BCUT2D eigenvalue weighted by Gasteiger charge is -2.11. The minimum absolute atomic E-state index is 0.0260. The van der Waals surface area contributed by atoms with Gasteiger partial charge in [0.05, 0.1) is 21.6 Å². The first-order chi connectivity index (χ1) is 16.7. The third kappa shape index (κ3) is 5.45. The first-order valence-corrected chi connectivity index (χ1v) is 11.3. The molecule has 35 heavy (non-hydrogen) atoms. The van der Waals surface area contributed by atoms with Gasteiger partial charge in [-0.3, -0.25) is 29.7 Å². The van der Waals surface area contributed by atoms with Crippen LogP contribution in [-0.4, -0.2) is 25.5 Å². The van der Waals surface area contributed by atoms with E-state index in [1.165, 1.54) is 27.9 Å². The van der Waals surface area contributed by atoms with Crippen molar-refractivity contribution in [1.82, 2.24) is 9.78 Å². The van der Waals surface area contributed by atoms with Gasteiger partial charge in [-0.25, -0.2) is 0 Å². The van der Waals surface area contributed by atoms with Crippen molar-refractivity contribution in [3.05, 3.63) is 79.1 Å². The molecule has 3 aromatic rings. The Hall–Kier alpha value is -4.28. The Morgan fingerprint density at radius 1 is 1.06 bits per heavy atom. The molecule has 11 heteroatoms. The molecule has 11 nitrogen and oxygen atoms in total. The molecule has 182 valence electrons. The van der Waals surface area contributed by atoms with Gasteiger partial charge >= 0.3 is 5.69 Å². The number of carbonyl (C=O) groups is 1. The standard InChI is InChI=1S/C24H25N5O6/c1-15-24(29(33)34)16(2)27(26-15)10-4-7-23(30)25-19-12-20(28(31)32)14-22(13-19)35-21-9-8-17-5-3-6-18(17)11-21/h8-9,11-14H,3-7,10H2,1-2H3,(H,25,30). The van der Waals surface area contributed by atoms with Crippen LogP contribution in [0.2, 0.25) is 0 Å². The van der Waals surface area contributed by atoms with E-state index in [1.54, 1.807) is 19.9 Å². The van der Waals surface area contributed by atoms with Crippen LogP contribution in [0.5, 0.6) is 11.5 Å². The Balaban J connectivity index is 1.41. The Bertz CT molecular complexity index is 1320. The van der Waals surface area contributed by atoms with Crippen LogP contribution >= 0.6 is 0 Å². The maximum absolute atomic E-state index is 12.5. The van der Waals surface area contributed by atoms with Crippen LogP contribution in [0.4, 0.5) is 17.1 Å². The number of amides is 1. The van der Waals surface area contributed by atoms with E-state index in [0.717, 1.165) is 19.3 Å². The zero-order chi connectivity index (χ0) is 25.1. The predicted octanol–water partition coefficient (Wildman–Crippen LogP) is 5.02. The number of nitro groups is 2. The normalized spacial score (nSPS) is 12.3. The van der Waals surface area contributed by atoms with Crippen molar-refractivity contribution in [3.8, 4) is 11.5 Å². The third-order valence-corrected chi connectivity index (χ3v) is 5.99. The molecular formula is C24H25N5O6. The molecular weight excluding hydrogens is 454 g/mol. The van der Waals surface area contributed by atoms with Crippen molar-refractivity contribution >= 4 is 23.0 Å². The number of fused-ring (bicyclic) bond motifs is 1. The average Bonchev–Trinajstić information content (AvgIpc) is 3.36. The van der Waals surface area contributed by atoms with E-state index in [2.05, 4.69) is 10.4 Å². The highest BCUT2D eigenvalue weighted by Gasteiger charge is 2.21. The summed E-state index contributed by atoms with van der Waals surface area (Å²) in [6, 6.07) is 9.93. The lowest BCUT2D eigenvalue weighted by molar-refractivity contribution is -0.386. The van der Waals surface area contributed by atoms with Crippen molar-refractivity contribution < 1.29 is 19.4 Å². The summed E-state index contributed by atoms with van der Waals surface area (Å²) < 4.78 is 7.39. The summed E-state index contributed by atoms with van der Waals surface area (Å²) in [6.07, 6.45) is 3.61. The molecule has 0 spiro atoms. The zero-order valence-corrected chi connectivity index (χ0v) is 19.4.